The molecule has 0 spiro atoms. The van der Waals surface area contributed by atoms with Gasteiger partial charge in [-0.3, -0.25) is 0 Å². The summed E-state index contributed by atoms with van der Waals surface area (Å²) in [7, 11) is 0. The van der Waals surface area contributed by atoms with Gasteiger partial charge in [0.05, 0.1) is 34.4 Å². The number of benzene rings is 3. The minimum Gasteiger partial charge on any atom is -0.507 e. The second-order valence-corrected chi connectivity index (χ2v) is 6.11. The van der Waals surface area contributed by atoms with Crippen molar-refractivity contribution in [3.05, 3.63) is 83.6 Å². The molecule has 4 rings (SSSR count). The second kappa shape index (κ2) is 7.00. The number of phenolic OH excluding ortho intramolecular Hbond substituents is 1. The van der Waals surface area contributed by atoms with Crippen LogP contribution >= 0.6 is 0 Å². The fourth-order valence-electron chi connectivity index (χ4n) is 2.91. The van der Waals surface area contributed by atoms with E-state index in [0.717, 1.165) is 17.7 Å². The largest absolute Gasteiger partial charge is 0.507 e. The maximum Gasteiger partial charge on any atom is 0.191 e. The van der Waals surface area contributed by atoms with E-state index in [2.05, 4.69) is 5.10 Å². The lowest BCUT2D eigenvalue weighted by molar-refractivity contribution is 0.274. The lowest BCUT2D eigenvalue weighted by Gasteiger charge is -2.11. The first kappa shape index (κ1) is 17.5. The highest BCUT2D eigenvalue weighted by Crippen LogP contribution is 2.31. The number of aromatic nitrogens is 2. The summed E-state index contributed by atoms with van der Waals surface area (Å²) in [5.41, 5.74) is 1.44. The van der Waals surface area contributed by atoms with Crippen LogP contribution in [0.5, 0.6) is 11.5 Å². The Morgan fingerprint density at radius 2 is 1.79 bits per heavy atom. The van der Waals surface area contributed by atoms with Crippen LogP contribution in [0.15, 0.2) is 60.8 Å². The Morgan fingerprint density at radius 1 is 1.07 bits per heavy atom. The first-order valence-electron chi connectivity index (χ1n) is 8.34. The van der Waals surface area contributed by atoms with Gasteiger partial charge in [-0.15, -0.1) is 0 Å². The van der Waals surface area contributed by atoms with Crippen LogP contribution in [0.4, 0.5) is 8.78 Å². The molecule has 0 fully saturated rings. The van der Waals surface area contributed by atoms with Gasteiger partial charge in [0, 0.05) is 12.1 Å². The zero-order valence-corrected chi connectivity index (χ0v) is 14.4. The number of nitriles is 1. The Hall–Kier alpha value is -3.92. The van der Waals surface area contributed by atoms with E-state index in [1.165, 1.54) is 23.0 Å². The summed E-state index contributed by atoms with van der Waals surface area (Å²) in [5, 5.41) is 23.5. The van der Waals surface area contributed by atoms with E-state index in [1.54, 1.807) is 12.1 Å². The zero-order chi connectivity index (χ0) is 19.7. The zero-order valence-electron chi connectivity index (χ0n) is 14.4. The molecule has 4 aromatic rings. The molecule has 5 nitrogen and oxygen atoms in total. The normalized spacial score (nSPS) is 10.8. The quantitative estimate of drug-likeness (QED) is 0.570. The molecule has 7 heteroatoms. The molecule has 1 heterocycles. The van der Waals surface area contributed by atoms with Crippen molar-refractivity contribution in [3.8, 4) is 23.3 Å². The van der Waals surface area contributed by atoms with Gasteiger partial charge in [0.25, 0.3) is 0 Å². The van der Waals surface area contributed by atoms with E-state index in [9.17, 15) is 13.9 Å². The number of halogens is 2. The predicted octanol–water partition coefficient (Wildman–Crippen LogP) is 4.46. The molecule has 1 N–H and O–H groups in total. The van der Waals surface area contributed by atoms with Crippen molar-refractivity contribution in [3.63, 3.8) is 0 Å². The van der Waals surface area contributed by atoms with Crippen LogP contribution < -0.4 is 4.74 Å². The number of hydrogen-bond acceptors (Lipinski definition) is 4. The Labute approximate surface area is 158 Å². The molecule has 0 unspecified atom stereocenters. The molecule has 0 radical (unpaired) electrons. The molecule has 0 bridgehead atoms. The highest BCUT2D eigenvalue weighted by Gasteiger charge is 2.17. The SMILES string of the molecule is N#Cc1cc(O)c2cnn(-c3cc(F)c(OCc4ccccc4)c(F)c3)c2c1. The van der Waals surface area contributed by atoms with Crippen molar-refractivity contribution in [1.82, 2.24) is 9.78 Å². The van der Waals surface area contributed by atoms with Crippen LogP contribution in [-0.2, 0) is 6.61 Å². The Kier molecular flexibility index (Phi) is 4.38. The van der Waals surface area contributed by atoms with E-state index in [0.29, 0.717) is 10.9 Å². The van der Waals surface area contributed by atoms with Crippen LogP contribution in [0.3, 0.4) is 0 Å². The van der Waals surface area contributed by atoms with Crippen molar-refractivity contribution >= 4 is 10.9 Å². The maximum atomic E-state index is 14.5. The molecular weight excluding hydrogens is 364 g/mol. The summed E-state index contributed by atoms with van der Waals surface area (Å²) < 4.78 is 35.6. The van der Waals surface area contributed by atoms with Crippen LogP contribution in [-0.4, -0.2) is 14.9 Å². The van der Waals surface area contributed by atoms with Crippen molar-refractivity contribution in [2.24, 2.45) is 0 Å². The molecule has 3 aromatic carbocycles. The van der Waals surface area contributed by atoms with Crippen LogP contribution in [0.25, 0.3) is 16.6 Å². The highest BCUT2D eigenvalue weighted by atomic mass is 19.1. The first-order valence-corrected chi connectivity index (χ1v) is 8.34. The summed E-state index contributed by atoms with van der Waals surface area (Å²) >= 11 is 0. The van der Waals surface area contributed by atoms with Gasteiger partial charge in [-0.05, 0) is 17.7 Å². The number of hydrogen-bond donors (Lipinski definition) is 1. The lowest BCUT2D eigenvalue weighted by Crippen LogP contribution is -2.03. The summed E-state index contributed by atoms with van der Waals surface area (Å²) in [4.78, 5) is 0. The minimum atomic E-state index is -0.879. The lowest BCUT2D eigenvalue weighted by atomic mass is 10.1. The Morgan fingerprint density at radius 3 is 2.46 bits per heavy atom. The van der Waals surface area contributed by atoms with E-state index in [1.807, 2.05) is 24.3 Å². The standard InChI is InChI=1S/C21H13F2N3O2/c22-17-8-15(9-18(23)21(17)28-12-13-4-2-1-3-5-13)26-19-6-14(10-24)7-20(27)16(19)11-25-26/h1-9,11,27H,12H2. The summed E-state index contributed by atoms with van der Waals surface area (Å²) in [6, 6.07) is 15.9. The molecule has 138 valence electrons. The number of phenols is 1. The van der Waals surface area contributed by atoms with Crippen molar-refractivity contribution in [2.75, 3.05) is 0 Å². The third kappa shape index (κ3) is 3.12. The highest BCUT2D eigenvalue weighted by molar-refractivity contribution is 5.87. The molecule has 0 amide bonds. The summed E-state index contributed by atoms with van der Waals surface area (Å²) in [6.45, 7) is 0.0259. The fraction of sp³-hybridized carbons (Fsp3) is 0.0476. The van der Waals surface area contributed by atoms with Gasteiger partial charge in [-0.25, -0.2) is 13.5 Å². The van der Waals surface area contributed by atoms with E-state index >= 15 is 0 Å². The van der Waals surface area contributed by atoms with Gasteiger partial charge in [0.15, 0.2) is 17.4 Å². The molecule has 0 saturated carbocycles. The molecule has 0 aliphatic carbocycles. The number of nitrogens with zero attached hydrogens (tertiary/aromatic N) is 3. The number of fused-ring (bicyclic) bond motifs is 1. The van der Waals surface area contributed by atoms with Gasteiger partial charge in [-0.2, -0.15) is 10.4 Å². The fourth-order valence-corrected chi connectivity index (χ4v) is 2.91. The molecular formula is C21H13F2N3O2. The average molecular weight is 377 g/mol. The third-order valence-corrected chi connectivity index (χ3v) is 4.25. The van der Waals surface area contributed by atoms with Crippen molar-refractivity contribution < 1.29 is 18.6 Å². The van der Waals surface area contributed by atoms with E-state index < -0.39 is 17.4 Å². The summed E-state index contributed by atoms with van der Waals surface area (Å²) in [5.74, 6) is -2.38. The predicted molar refractivity (Wildman–Crippen MR) is 98.1 cm³/mol. The van der Waals surface area contributed by atoms with Gasteiger partial charge in [0.1, 0.15) is 12.4 Å². The van der Waals surface area contributed by atoms with Crippen LogP contribution in [0.1, 0.15) is 11.1 Å². The third-order valence-electron chi connectivity index (χ3n) is 4.25. The maximum absolute atomic E-state index is 14.5. The number of aromatic hydroxyl groups is 1. The monoisotopic (exact) mass is 377 g/mol. The van der Waals surface area contributed by atoms with Crippen LogP contribution in [0, 0.1) is 23.0 Å². The topological polar surface area (TPSA) is 71.1 Å². The second-order valence-electron chi connectivity index (χ2n) is 6.11. The van der Waals surface area contributed by atoms with E-state index in [4.69, 9.17) is 10.00 Å². The average Bonchev–Trinajstić information content (AvgIpc) is 3.12. The molecule has 28 heavy (non-hydrogen) atoms. The smallest absolute Gasteiger partial charge is 0.191 e. The first-order chi connectivity index (χ1) is 13.6. The molecule has 1 aromatic heterocycles. The number of ether oxygens (including phenoxy) is 1. The van der Waals surface area contributed by atoms with Gasteiger partial charge < -0.3 is 9.84 Å². The van der Waals surface area contributed by atoms with E-state index in [-0.39, 0.29) is 23.6 Å². The van der Waals surface area contributed by atoms with Crippen molar-refractivity contribution in [2.45, 2.75) is 6.61 Å². The molecule has 0 aliphatic heterocycles. The minimum absolute atomic E-state index is 0.0259. The van der Waals surface area contributed by atoms with Crippen molar-refractivity contribution in [1.29, 1.82) is 5.26 Å². The molecule has 0 aliphatic rings. The van der Waals surface area contributed by atoms with Crippen LogP contribution in [0.2, 0.25) is 0 Å². The Balaban J connectivity index is 1.71. The van der Waals surface area contributed by atoms with Gasteiger partial charge in [-0.1, -0.05) is 30.3 Å². The molecule has 0 saturated heterocycles. The molecule has 0 atom stereocenters. The van der Waals surface area contributed by atoms with Gasteiger partial charge in [0.2, 0.25) is 0 Å². The number of rotatable bonds is 4. The van der Waals surface area contributed by atoms with Gasteiger partial charge >= 0.3 is 0 Å². The Bertz CT molecular complexity index is 1190. The summed E-state index contributed by atoms with van der Waals surface area (Å²) in [6.07, 6.45) is 1.36.